The van der Waals surface area contributed by atoms with Crippen LogP contribution in [0.15, 0.2) is 60.7 Å². The van der Waals surface area contributed by atoms with E-state index in [0.29, 0.717) is 25.1 Å². The standard InChI is InChI=1S/C28H27N3O4/c1-17-25(23(16-32)30-31(17)2)22-12-6-11-20-21(27(28(33)34)29-26(20)22)13-7-15-35-24-14-5-9-18-8-3-4-10-19(18)24/h3-6,8-12,14,29,32H,7,13,15-16H2,1-2H3,(H,33,34). The van der Waals surface area contributed by atoms with Gasteiger partial charge in [-0.15, -0.1) is 0 Å². The number of aromatic amines is 1. The Morgan fingerprint density at radius 2 is 1.80 bits per heavy atom. The monoisotopic (exact) mass is 469 g/mol. The summed E-state index contributed by atoms with van der Waals surface area (Å²) in [5.74, 6) is -0.172. The maximum atomic E-state index is 12.1. The lowest BCUT2D eigenvalue weighted by Gasteiger charge is -2.09. The van der Waals surface area contributed by atoms with Crippen LogP contribution in [-0.2, 0) is 20.1 Å². The molecule has 0 bridgehead atoms. The van der Waals surface area contributed by atoms with Crippen molar-refractivity contribution in [1.82, 2.24) is 14.8 Å². The van der Waals surface area contributed by atoms with E-state index in [1.165, 1.54) is 0 Å². The zero-order valence-corrected chi connectivity index (χ0v) is 19.7. The first-order valence-corrected chi connectivity index (χ1v) is 11.6. The molecule has 35 heavy (non-hydrogen) atoms. The van der Waals surface area contributed by atoms with Crippen molar-refractivity contribution in [2.24, 2.45) is 7.05 Å². The van der Waals surface area contributed by atoms with Crippen LogP contribution >= 0.6 is 0 Å². The first-order valence-electron chi connectivity index (χ1n) is 11.6. The van der Waals surface area contributed by atoms with Crippen LogP contribution in [0.1, 0.15) is 33.9 Å². The number of aromatic carboxylic acids is 1. The SMILES string of the molecule is Cc1c(-c2cccc3c(CCCOc4cccc5ccccc45)c(C(=O)O)[nH]c23)c(CO)nn1C. The van der Waals surface area contributed by atoms with Gasteiger partial charge in [-0.2, -0.15) is 5.10 Å². The molecule has 7 nitrogen and oxygen atoms in total. The normalized spacial score (nSPS) is 11.4. The average Bonchev–Trinajstić information content (AvgIpc) is 3.39. The number of aliphatic hydroxyl groups excluding tert-OH is 1. The summed E-state index contributed by atoms with van der Waals surface area (Å²) >= 11 is 0. The molecule has 3 aromatic carbocycles. The third kappa shape index (κ3) is 4.04. The molecule has 0 aliphatic heterocycles. The number of aliphatic hydroxyl groups is 1. The number of nitrogens with zero attached hydrogens (tertiary/aromatic N) is 2. The summed E-state index contributed by atoms with van der Waals surface area (Å²) < 4.78 is 7.80. The van der Waals surface area contributed by atoms with Gasteiger partial charge in [0.15, 0.2) is 0 Å². The number of ether oxygens (including phenoxy) is 1. The number of carboxylic acid groups (broad SMARTS) is 1. The summed E-state index contributed by atoms with van der Waals surface area (Å²) in [6, 6.07) is 19.9. The van der Waals surface area contributed by atoms with Crippen molar-refractivity contribution in [3.63, 3.8) is 0 Å². The van der Waals surface area contributed by atoms with Gasteiger partial charge in [-0.1, -0.05) is 54.6 Å². The highest BCUT2D eigenvalue weighted by molar-refractivity contribution is 6.03. The molecule has 178 valence electrons. The predicted octanol–water partition coefficient (Wildman–Crippen LogP) is 5.23. The summed E-state index contributed by atoms with van der Waals surface area (Å²) in [6.07, 6.45) is 1.21. The van der Waals surface area contributed by atoms with E-state index in [1.54, 1.807) is 4.68 Å². The molecule has 7 heteroatoms. The number of carbonyl (C=O) groups is 1. The lowest BCUT2D eigenvalue weighted by atomic mass is 9.98. The van der Waals surface area contributed by atoms with Crippen LogP contribution < -0.4 is 4.74 Å². The minimum absolute atomic E-state index is 0.185. The Morgan fingerprint density at radius 1 is 1.06 bits per heavy atom. The fraction of sp³-hybridized carbons (Fsp3) is 0.214. The predicted molar refractivity (Wildman–Crippen MR) is 136 cm³/mol. The van der Waals surface area contributed by atoms with Gasteiger partial charge in [0.05, 0.1) is 24.4 Å². The molecule has 0 atom stereocenters. The summed E-state index contributed by atoms with van der Waals surface area (Å²) in [6.45, 7) is 2.21. The highest BCUT2D eigenvalue weighted by Gasteiger charge is 2.22. The molecule has 0 saturated heterocycles. The number of nitrogens with one attached hydrogen (secondary N) is 1. The Balaban J connectivity index is 1.45. The number of rotatable bonds is 8. The van der Waals surface area contributed by atoms with Crippen molar-refractivity contribution in [3.05, 3.63) is 83.3 Å². The van der Waals surface area contributed by atoms with Gasteiger partial charge in [-0.25, -0.2) is 4.79 Å². The van der Waals surface area contributed by atoms with Crippen LogP contribution in [0.25, 0.3) is 32.8 Å². The summed E-state index contributed by atoms with van der Waals surface area (Å²) in [5, 5.41) is 27.2. The Labute approximate surface area is 202 Å². The summed E-state index contributed by atoms with van der Waals surface area (Å²) in [4.78, 5) is 15.3. The maximum Gasteiger partial charge on any atom is 0.352 e. The van der Waals surface area contributed by atoms with E-state index in [9.17, 15) is 15.0 Å². The van der Waals surface area contributed by atoms with Crippen LogP contribution in [0.3, 0.4) is 0 Å². The largest absolute Gasteiger partial charge is 0.493 e. The second-order valence-corrected chi connectivity index (χ2v) is 8.63. The minimum Gasteiger partial charge on any atom is -0.493 e. The number of hydrogen-bond acceptors (Lipinski definition) is 4. The highest BCUT2D eigenvalue weighted by Crippen LogP contribution is 2.36. The molecule has 5 rings (SSSR count). The van der Waals surface area contributed by atoms with Crippen molar-refractivity contribution < 1.29 is 19.7 Å². The molecule has 0 radical (unpaired) electrons. The van der Waals surface area contributed by atoms with Gasteiger partial charge >= 0.3 is 5.97 Å². The average molecular weight is 470 g/mol. The van der Waals surface area contributed by atoms with E-state index in [0.717, 1.165) is 49.8 Å². The van der Waals surface area contributed by atoms with E-state index in [1.807, 2.05) is 62.5 Å². The first kappa shape index (κ1) is 22.7. The van der Waals surface area contributed by atoms with Crippen LogP contribution in [0.5, 0.6) is 5.75 Å². The molecular formula is C28H27N3O4. The topological polar surface area (TPSA) is 100 Å². The number of hydrogen-bond donors (Lipinski definition) is 3. The van der Waals surface area contributed by atoms with E-state index in [4.69, 9.17) is 4.74 Å². The molecule has 2 aromatic heterocycles. The van der Waals surface area contributed by atoms with E-state index >= 15 is 0 Å². The molecule has 0 aliphatic carbocycles. The molecule has 3 N–H and O–H groups in total. The van der Waals surface area contributed by atoms with Crippen molar-refractivity contribution in [2.45, 2.75) is 26.4 Å². The van der Waals surface area contributed by atoms with Crippen LogP contribution in [0.2, 0.25) is 0 Å². The van der Waals surface area contributed by atoms with Gasteiger partial charge in [0.25, 0.3) is 0 Å². The molecule has 0 spiro atoms. The number of carboxylic acids is 1. The molecule has 0 unspecified atom stereocenters. The van der Waals surface area contributed by atoms with Crippen LogP contribution in [0, 0.1) is 6.92 Å². The number of fused-ring (bicyclic) bond motifs is 2. The smallest absolute Gasteiger partial charge is 0.352 e. The van der Waals surface area contributed by atoms with Crippen LogP contribution in [0.4, 0.5) is 0 Å². The number of aromatic nitrogens is 3. The molecular weight excluding hydrogens is 442 g/mol. The second-order valence-electron chi connectivity index (χ2n) is 8.63. The third-order valence-corrected chi connectivity index (χ3v) is 6.56. The summed E-state index contributed by atoms with van der Waals surface area (Å²) in [5.41, 5.74) is 4.79. The number of para-hydroxylation sites is 1. The summed E-state index contributed by atoms with van der Waals surface area (Å²) in [7, 11) is 1.83. The van der Waals surface area contributed by atoms with Gasteiger partial charge in [0, 0.05) is 34.6 Å². The van der Waals surface area contributed by atoms with Gasteiger partial charge in [-0.05, 0) is 36.8 Å². The molecule has 2 heterocycles. The Morgan fingerprint density at radius 3 is 2.60 bits per heavy atom. The van der Waals surface area contributed by atoms with Crippen LogP contribution in [-0.4, -0.2) is 37.6 Å². The van der Waals surface area contributed by atoms with Gasteiger partial charge in [0.1, 0.15) is 11.4 Å². The van der Waals surface area contributed by atoms with Crippen molar-refractivity contribution >= 4 is 27.6 Å². The lowest BCUT2D eigenvalue weighted by Crippen LogP contribution is -2.04. The van der Waals surface area contributed by atoms with Crippen molar-refractivity contribution in [2.75, 3.05) is 6.61 Å². The van der Waals surface area contributed by atoms with Gasteiger partial charge < -0.3 is 19.9 Å². The van der Waals surface area contributed by atoms with Crippen molar-refractivity contribution in [1.29, 1.82) is 0 Å². The van der Waals surface area contributed by atoms with E-state index in [-0.39, 0.29) is 12.3 Å². The quantitative estimate of drug-likeness (QED) is 0.270. The molecule has 5 aromatic rings. The molecule has 0 saturated carbocycles. The zero-order valence-electron chi connectivity index (χ0n) is 19.7. The Hall–Kier alpha value is -4.10. The molecule has 0 amide bonds. The van der Waals surface area contributed by atoms with E-state index in [2.05, 4.69) is 22.2 Å². The fourth-order valence-electron chi connectivity index (χ4n) is 4.81. The zero-order chi connectivity index (χ0) is 24.5. The molecule has 0 fully saturated rings. The highest BCUT2D eigenvalue weighted by atomic mass is 16.5. The Kier molecular flexibility index (Phi) is 6.01. The van der Waals surface area contributed by atoms with Gasteiger partial charge in [-0.3, -0.25) is 4.68 Å². The van der Waals surface area contributed by atoms with Gasteiger partial charge in [0.2, 0.25) is 0 Å². The second kappa shape index (κ2) is 9.27. The van der Waals surface area contributed by atoms with E-state index < -0.39 is 5.97 Å². The Bertz CT molecular complexity index is 1540. The number of benzene rings is 3. The minimum atomic E-state index is -0.998. The van der Waals surface area contributed by atoms with Crippen molar-refractivity contribution in [3.8, 4) is 16.9 Å². The maximum absolute atomic E-state index is 12.1. The number of H-pyrrole nitrogens is 1. The number of aryl methyl sites for hydroxylation is 2. The first-order chi connectivity index (χ1) is 17.0. The fourth-order valence-corrected chi connectivity index (χ4v) is 4.81. The third-order valence-electron chi connectivity index (χ3n) is 6.56. The lowest BCUT2D eigenvalue weighted by molar-refractivity contribution is 0.0690. The molecule has 0 aliphatic rings.